The van der Waals surface area contributed by atoms with Crippen LogP contribution in [0.25, 0.3) is 6.08 Å². The first-order valence-electron chi connectivity index (χ1n) is 5.53. The number of rotatable bonds is 5. The first-order chi connectivity index (χ1) is 8.63. The number of hydrogen-bond donors (Lipinski definition) is 1. The van der Waals surface area contributed by atoms with Crippen LogP contribution in [-0.2, 0) is 14.3 Å². The molecule has 1 aromatic rings. The minimum Gasteiger partial charge on any atom is -0.452 e. The van der Waals surface area contributed by atoms with E-state index < -0.39 is 5.97 Å². The van der Waals surface area contributed by atoms with Crippen molar-refractivity contribution in [3.05, 3.63) is 27.7 Å². The average Bonchev–Trinajstić information content (AvgIpc) is 3.04. The molecule has 2 rings (SSSR count). The summed E-state index contributed by atoms with van der Waals surface area (Å²) in [5, 5.41) is 2.73. The highest BCUT2D eigenvalue weighted by molar-refractivity contribution is 14.1. The highest BCUT2D eigenvalue weighted by Crippen LogP contribution is 2.18. The van der Waals surface area contributed by atoms with Gasteiger partial charge in [0.1, 0.15) is 5.76 Å². The maximum atomic E-state index is 11.3. The van der Waals surface area contributed by atoms with E-state index in [9.17, 15) is 9.59 Å². The molecule has 0 unspecified atom stereocenters. The molecule has 6 heteroatoms. The zero-order chi connectivity index (χ0) is 13.0. The molecule has 0 aromatic carbocycles. The Kier molecular flexibility index (Phi) is 4.40. The van der Waals surface area contributed by atoms with Gasteiger partial charge in [-0.2, -0.15) is 0 Å². The highest BCUT2D eigenvalue weighted by Gasteiger charge is 2.23. The van der Waals surface area contributed by atoms with E-state index in [1.54, 1.807) is 12.1 Å². The summed E-state index contributed by atoms with van der Waals surface area (Å²) >= 11 is 2.03. The van der Waals surface area contributed by atoms with E-state index in [1.165, 1.54) is 12.2 Å². The molecule has 5 nitrogen and oxygen atoms in total. The van der Waals surface area contributed by atoms with E-state index in [0.29, 0.717) is 5.76 Å². The van der Waals surface area contributed by atoms with E-state index in [-0.39, 0.29) is 18.6 Å². The van der Waals surface area contributed by atoms with Crippen LogP contribution >= 0.6 is 22.6 Å². The van der Waals surface area contributed by atoms with Gasteiger partial charge in [0.25, 0.3) is 5.91 Å². The zero-order valence-electron chi connectivity index (χ0n) is 9.52. The van der Waals surface area contributed by atoms with Gasteiger partial charge in [-0.1, -0.05) is 0 Å². The standard InChI is InChI=1S/C12H12INO4/c13-10-5-3-9(18-10)4-6-12(16)17-7-11(15)14-8-1-2-8/h3-6,8H,1-2,7H2,(H,14,15). The van der Waals surface area contributed by atoms with Crippen molar-refractivity contribution in [2.24, 2.45) is 0 Å². The number of nitrogens with one attached hydrogen (secondary N) is 1. The van der Waals surface area contributed by atoms with E-state index in [4.69, 9.17) is 9.15 Å². The summed E-state index contributed by atoms with van der Waals surface area (Å²) in [5.74, 6) is -0.252. The van der Waals surface area contributed by atoms with Crippen molar-refractivity contribution < 1.29 is 18.7 Å². The molecule has 1 fully saturated rings. The smallest absolute Gasteiger partial charge is 0.331 e. The Balaban J connectivity index is 1.70. The molecule has 0 radical (unpaired) electrons. The number of furan rings is 1. The van der Waals surface area contributed by atoms with Crippen LogP contribution in [0.5, 0.6) is 0 Å². The summed E-state index contributed by atoms with van der Waals surface area (Å²) in [6.45, 7) is -0.241. The fourth-order valence-corrected chi connectivity index (χ4v) is 1.68. The van der Waals surface area contributed by atoms with Gasteiger partial charge < -0.3 is 14.5 Å². The SMILES string of the molecule is O=C(COC(=O)C=Cc1ccc(I)o1)NC1CC1. The molecule has 0 saturated heterocycles. The third-order valence-corrected chi connectivity index (χ3v) is 2.85. The Morgan fingerprint density at radius 3 is 2.89 bits per heavy atom. The molecule has 18 heavy (non-hydrogen) atoms. The maximum Gasteiger partial charge on any atom is 0.331 e. The molecular weight excluding hydrogens is 349 g/mol. The van der Waals surface area contributed by atoms with Crippen LogP contribution in [0.15, 0.2) is 22.6 Å². The van der Waals surface area contributed by atoms with Gasteiger partial charge in [-0.15, -0.1) is 0 Å². The maximum absolute atomic E-state index is 11.3. The summed E-state index contributed by atoms with van der Waals surface area (Å²) in [6.07, 6.45) is 4.76. The molecule has 1 amide bonds. The second-order valence-corrected chi connectivity index (χ2v) is 4.99. The van der Waals surface area contributed by atoms with E-state index in [0.717, 1.165) is 16.6 Å². The van der Waals surface area contributed by atoms with Gasteiger partial charge >= 0.3 is 5.97 Å². The minimum atomic E-state index is -0.563. The lowest BCUT2D eigenvalue weighted by Gasteiger charge is -2.02. The third kappa shape index (κ3) is 4.52. The second-order valence-electron chi connectivity index (χ2n) is 3.92. The lowest BCUT2D eigenvalue weighted by molar-refractivity contribution is -0.143. The van der Waals surface area contributed by atoms with Crippen molar-refractivity contribution in [2.75, 3.05) is 6.61 Å². The third-order valence-electron chi connectivity index (χ3n) is 2.27. The Hall–Kier alpha value is -1.31. The summed E-state index contributed by atoms with van der Waals surface area (Å²) in [4.78, 5) is 22.5. The van der Waals surface area contributed by atoms with Gasteiger partial charge in [0.05, 0.1) is 0 Å². The fourth-order valence-electron chi connectivity index (χ4n) is 1.25. The number of ether oxygens (including phenoxy) is 1. The van der Waals surface area contributed by atoms with Gasteiger partial charge in [0, 0.05) is 12.1 Å². The molecule has 1 aromatic heterocycles. The quantitative estimate of drug-likeness (QED) is 0.493. The van der Waals surface area contributed by atoms with Crippen LogP contribution in [0.1, 0.15) is 18.6 Å². The van der Waals surface area contributed by atoms with Crippen molar-refractivity contribution >= 4 is 40.5 Å². The fraction of sp³-hybridized carbons (Fsp3) is 0.333. The monoisotopic (exact) mass is 361 g/mol. The van der Waals surface area contributed by atoms with Gasteiger partial charge in [-0.05, 0) is 53.6 Å². The van der Waals surface area contributed by atoms with Gasteiger partial charge in [-0.3, -0.25) is 4.79 Å². The number of amides is 1. The number of carbonyl (C=O) groups is 2. The van der Waals surface area contributed by atoms with Crippen LogP contribution in [-0.4, -0.2) is 24.5 Å². The molecular formula is C12H12INO4. The van der Waals surface area contributed by atoms with Crippen LogP contribution in [0, 0.1) is 3.77 Å². The predicted octanol–water partition coefficient (Wildman–Crippen LogP) is 1.72. The molecule has 0 atom stereocenters. The number of hydrogen-bond acceptors (Lipinski definition) is 4. The van der Waals surface area contributed by atoms with Gasteiger partial charge in [0.2, 0.25) is 0 Å². The van der Waals surface area contributed by atoms with Crippen molar-refractivity contribution in [1.29, 1.82) is 0 Å². The Morgan fingerprint density at radius 2 is 2.28 bits per heavy atom. The number of carbonyl (C=O) groups excluding carboxylic acids is 2. The van der Waals surface area contributed by atoms with Crippen LogP contribution in [0.4, 0.5) is 0 Å². The molecule has 1 N–H and O–H groups in total. The van der Waals surface area contributed by atoms with Crippen LogP contribution in [0.3, 0.4) is 0 Å². The van der Waals surface area contributed by atoms with E-state index in [1.807, 2.05) is 22.6 Å². The second kappa shape index (κ2) is 6.03. The largest absolute Gasteiger partial charge is 0.452 e. The molecule has 1 aliphatic rings. The van der Waals surface area contributed by atoms with Crippen LogP contribution in [0.2, 0.25) is 0 Å². The molecule has 96 valence electrons. The molecule has 0 spiro atoms. The van der Waals surface area contributed by atoms with Crippen molar-refractivity contribution in [2.45, 2.75) is 18.9 Å². The summed E-state index contributed by atoms with van der Waals surface area (Å²) in [5.41, 5.74) is 0. The van der Waals surface area contributed by atoms with E-state index >= 15 is 0 Å². The minimum absolute atomic E-state index is 0.241. The Bertz CT molecular complexity index is 476. The molecule has 1 aliphatic carbocycles. The van der Waals surface area contributed by atoms with Gasteiger partial charge in [-0.25, -0.2) is 4.79 Å². The number of halogens is 1. The first-order valence-corrected chi connectivity index (χ1v) is 6.61. The summed E-state index contributed by atoms with van der Waals surface area (Å²) in [7, 11) is 0. The topological polar surface area (TPSA) is 68.5 Å². The van der Waals surface area contributed by atoms with Gasteiger partial charge in [0.15, 0.2) is 10.4 Å². The molecule has 0 bridgehead atoms. The van der Waals surface area contributed by atoms with Crippen molar-refractivity contribution in [1.82, 2.24) is 5.32 Å². The highest BCUT2D eigenvalue weighted by atomic mass is 127. The van der Waals surface area contributed by atoms with Crippen LogP contribution < -0.4 is 5.32 Å². The first kappa shape index (κ1) is 13.1. The van der Waals surface area contributed by atoms with E-state index in [2.05, 4.69) is 5.32 Å². The Labute approximate surface area is 118 Å². The normalized spacial score (nSPS) is 14.7. The molecule has 1 saturated carbocycles. The summed E-state index contributed by atoms with van der Waals surface area (Å²) < 4.78 is 10.8. The summed E-state index contributed by atoms with van der Waals surface area (Å²) in [6, 6.07) is 3.80. The van der Waals surface area contributed by atoms with Crippen molar-refractivity contribution in [3.63, 3.8) is 0 Å². The number of esters is 1. The Morgan fingerprint density at radius 1 is 1.50 bits per heavy atom. The molecule has 1 heterocycles. The molecule has 0 aliphatic heterocycles. The lowest BCUT2D eigenvalue weighted by Crippen LogP contribution is -2.30. The van der Waals surface area contributed by atoms with Crippen molar-refractivity contribution in [3.8, 4) is 0 Å². The predicted molar refractivity (Wildman–Crippen MR) is 72.6 cm³/mol. The average molecular weight is 361 g/mol. The zero-order valence-corrected chi connectivity index (χ0v) is 11.7. The lowest BCUT2D eigenvalue weighted by atomic mass is 10.4.